The van der Waals surface area contributed by atoms with E-state index in [0.717, 1.165) is 0 Å². The Morgan fingerprint density at radius 3 is 2.72 bits per heavy atom. The molecule has 5 heteroatoms. The van der Waals surface area contributed by atoms with E-state index in [2.05, 4.69) is 5.32 Å². The number of nitrogens with one attached hydrogen (secondary N) is 1. The van der Waals surface area contributed by atoms with E-state index in [4.69, 9.17) is 15.2 Å². The quantitative estimate of drug-likeness (QED) is 0.593. The van der Waals surface area contributed by atoms with Gasteiger partial charge in [-0.25, -0.2) is 0 Å². The van der Waals surface area contributed by atoms with E-state index in [1.165, 1.54) is 0 Å². The van der Waals surface area contributed by atoms with Gasteiger partial charge in [-0.2, -0.15) is 0 Å². The van der Waals surface area contributed by atoms with Crippen molar-refractivity contribution < 1.29 is 14.3 Å². The van der Waals surface area contributed by atoms with Crippen molar-refractivity contribution >= 4 is 11.6 Å². The molecule has 0 aliphatic rings. The molecule has 0 bridgehead atoms. The Hall–Kier alpha value is -1.75. The van der Waals surface area contributed by atoms with Crippen LogP contribution in [0.5, 0.6) is 5.75 Å². The summed E-state index contributed by atoms with van der Waals surface area (Å²) in [4.78, 5) is 11.5. The molecule has 0 unspecified atom stereocenters. The van der Waals surface area contributed by atoms with E-state index in [-0.39, 0.29) is 12.0 Å². The van der Waals surface area contributed by atoms with Crippen LogP contribution in [0.2, 0.25) is 0 Å². The number of carbonyl (C=O) groups is 1. The molecule has 1 amide bonds. The van der Waals surface area contributed by atoms with Crippen molar-refractivity contribution in [3.63, 3.8) is 0 Å². The zero-order chi connectivity index (χ0) is 13.5. The zero-order valence-corrected chi connectivity index (χ0v) is 11.0. The van der Waals surface area contributed by atoms with Crippen LogP contribution >= 0.6 is 0 Å². The minimum Gasteiger partial charge on any atom is -0.489 e. The smallest absolute Gasteiger partial charge is 0.251 e. The predicted octanol–water partition coefficient (Wildman–Crippen LogP) is 1.43. The highest BCUT2D eigenvalue weighted by Crippen LogP contribution is 2.22. The zero-order valence-electron chi connectivity index (χ0n) is 11.0. The number of benzene rings is 1. The lowest BCUT2D eigenvalue weighted by Crippen LogP contribution is -2.18. The second kappa shape index (κ2) is 6.86. The van der Waals surface area contributed by atoms with Gasteiger partial charge in [0.15, 0.2) is 0 Å². The summed E-state index contributed by atoms with van der Waals surface area (Å²) in [6.45, 7) is 4.81. The summed E-state index contributed by atoms with van der Waals surface area (Å²) in [7, 11) is 1.58. The van der Waals surface area contributed by atoms with Crippen LogP contribution in [0, 0.1) is 0 Å². The highest BCUT2D eigenvalue weighted by molar-refractivity contribution is 5.95. The fourth-order valence-electron chi connectivity index (χ4n) is 1.38. The molecular weight excluding hydrogens is 232 g/mol. The molecule has 100 valence electrons. The van der Waals surface area contributed by atoms with E-state index in [9.17, 15) is 4.79 Å². The fraction of sp³-hybridized carbons (Fsp3) is 0.462. The average Bonchev–Trinajstić information content (AvgIpc) is 2.35. The van der Waals surface area contributed by atoms with Gasteiger partial charge in [0.25, 0.3) is 5.91 Å². The molecule has 1 rings (SSSR count). The molecular formula is C13H20N2O3. The first-order chi connectivity index (χ1) is 8.54. The Morgan fingerprint density at radius 1 is 1.39 bits per heavy atom. The van der Waals surface area contributed by atoms with E-state index in [0.29, 0.717) is 30.2 Å². The molecule has 0 aliphatic carbocycles. The third kappa shape index (κ3) is 4.25. The number of amides is 1. The van der Waals surface area contributed by atoms with Gasteiger partial charge in [-0.3, -0.25) is 4.79 Å². The van der Waals surface area contributed by atoms with Crippen LogP contribution in [-0.4, -0.2) is 32.3 Å². The Morgan fingerprint density at radius 2 is 2.11 bits per heavy atom. The number of anilines is 1. The van der Waals surface area contributed by atoms with E-state index in [1.807, 2.05) is 13.8 Å². The van der Waals surface area contributed by atoms with E-state index in [1.54, 1.807) is 25.2 Å². The molecule has 0 atom stereocenters. The van der Waals surface area contributed by atoms with Crippen molar-refractivity contribution in [3.05, 3.63) is 23.8 Å². The second-order valence-corrected chi connectivity index (χ2v) is 4.10. The second-order valence-electron chi connectivity index (χ2n) is 4.10. The van der Waals surface area contributed by atoms with Gasteiger partial charge in [0.05, 0.1) is 18.4 Å². The normalized spacial score (nSPS) is 10.4. The summed E-state index contributed by atoms with van der Waals surface area (Å²) in [6, 6.07) is 4.94. The van der Waals surface area contributed by atoms with Gasteiger partial charge in [0, 0.05) is 12.6 Å². The number of nitrogens with two attached hydrogens (primary N) is 1. The van der Waals surface area contributed by atoms with Crippen LogP contribution < -0.4 is 15.8 Å². The molecule has 0 spiro atoms. The molecule has 1 aromatic carbocycles. The van der Waals surface area contributed by atoms with Crippen LogP contribution in [0.25, 0.3) is 0 Å². The minimum absolute atomic E-state index is 0.168. The van der Waals surface area contributed by atoms with Crippen LogP contribution in [0.15, 0.2) is 18.2 Å². The first-order valence-electron chi connectivity index (χ1n) is 5.90. The SMILES string of the molecule is CNC(=O)c1ccc(N)c(OCCOC(C)C)c1. The van der Waals surface area contributed by atoms with Gasteiger partial charge < -0.3 is 20.5 Å². The maximum atomic E-state index is 11.5. The largest absolute Gasteiger partial charge is 0.489 e. The topological polar surface area (TPSA) is 73.6 Å². The Balaban J connectivity index is 2.61. The van der Waals surface area contributed by atoms with Crippen LogP contribution in [0.3, 0.4) is 0 Å². The van der Waals surface area contributed by atoms with Gasteiger partial charge in [-0.15, -0.1) is 0 Å². The van der Waals surface area contributed by atoms with Gasteiger partial charge in [-0.05, 0) is 32.0 Å². The number of rotatable bonds is 6. The summed E-state index contributed by atoms with van der Waals surface area (Å²) < 4.78 is 10.8. The third-order valence-corrected chi connectivity index (χ3v) is 2.29. The Bertz CT molecular complexity index is 405. The lowest BCUT2D eigenvalue weighted by molar-refractivity contribution is 0.0554. The van der Waals surface area contributed by atoms with Crippen molar-refractivity contribution in [1.29, 1.82) is 0 Å². The molecule has 0 heterocycles. The molecule has 5 nitrogen and oxygen atoms in total. The molecule has 18 heavy (non-hydrogen) atoms. The predicted molar refractivity (Wildman–Crippen MR) is 70.8 cm³/mol. The molecule has 0 aliphatic heterocycles. The molecule has 1 aromatic rings. The van der Waals surface area contributed by atoms with E-state index >= 15 is 0 Å². The van der Waals surface area contributed by atoms with E-state index < -0.39 is 0 Å². The van der Waals surface area contributed by atoms with Crippen molar-refractivity contribution in [1.82, 2.24) is 5.32 Å². The average molecular weight is 252 g/mol. The molecule has 3 N–H and O–H groups in total. The maximum absolute atomic E-state index is 11.5. The van der Waals surface area contributed by atoms with Crippen molar-refractivity contribution in [2.45, 2.75) is 20.0 Å². The standard InChI is InChI=1S/C13H20N2O3/c1-9(2)17-6-7-18-12-8-10(13(16)15-3)4-5-11(12)14/h4-5,8-9H,6-7,14H2,1-3H3,(H,15,16). The molecule has 0 saturated heterocycles. The monoisotopic (exact) mass is 252 g/mol. The number of hydrogen-bond acceptors (Lipinski definition) is 4. The first kappa shape index (κ1) is 14.3. The number of carbonyl (C=O) groups excluding carboxylic acids is 1. The molecule has 0 saturated carbocycles. The lowest BCUT2D eigenvalue weighted by Gasteiger charge is -2.12. The summed E-state index contributed by atoms with van der Waals surface area (Å²) in [6.07, 6.45) is 0.170. The Kier molecular flexibility index (Phi) is 5.45. The van der Waals surface area contributed by atoms with Gasteiger partial charge in [0.2, 0.25) is 0 Å². The number of ether oxygens (including phenoxy) is 2. The highest BCUT2D eigenvalue weighted by atomic mass is 16.5. The summed E-state index contributed by atoms with van der Waals surface area (Å²) in [5, 5.41) is 2.55. The summed E-state index contributed by atoms with van der Waals surface area (Å²) in [5.74, 6) is 0.335. The van der Waals surface area contributed by atoms with Crippen molar-refractivity contribution in [2.75, 3.05) is 26.0 Å². The van der Waals surface area contributed by atoms with Crippen molar-refractivity contribution in [2.24, 2.45) is 0 Å². The van der Waals surface area contributed by atoms with Gasteiger partial charge in [0.1, 0.15) is 12.4 Å². The van der Waals surface area contributed by atoms with Crippen LogP contribution in [0.4, 0.5) is 5.69 Å². The summed E-state index contributed by atoms with van der Waals surface area (Å²) in [5.41, 5.74) is 6.80. The third-order valence-electron chi connectivity index (χ3n) is 2.29. The number of hydrogen-bond donors (Lipinski definition) is 2. The molecule has 0 aromatic heterocycles. The highest BCUT2D eigenvalue weighted by Gasteiger charge is 2.07. The molecule has 0 radical (unpaired) electrons. The van der Waals surface area contributed by atoms with Crippen LogP contribution in [0.1, 0.15) is 24.2 Å². The fourth-order valence-corrected chi connectivity index (χ4v) is 1.38. The van der Waals surface area contributed by atoms with Crippen molar-refractivity contribution in [3.8, 4) is 5.75 Å². The maximum Gasteiger partial charge on any atom is 0.251 e. The lowest BCUT2D eigenvalue weighted by atomic mass is 10.2. The van der Waals surface area contributed by atoms with Crippen LogP contribution in [-0.2, 0) is 4.74 Å². The number of nitrogen functional groups attached to an aromatic ring is 1. The minimum atomic E-state index is -0.168. The molecule has 0 fully saturated rings. The Labute approximate surface area is 107 Å². The van der Waals surface area contributed by atoms with Gasteiger partial charge >= 0.3 is 0 Å². The summed E-state index contributed by atoms with van der Waals surface area (Å²) >= 11 is 0. The van der Waals surface area contributed by atoms with Gasteiger partial charge in [-0.1, -0.05) is 0 Å². The first-order valence-corrected chi connectivity index (χ1v) is 5.90.